The Labute approximate surface area is 89.2 Å². The summed E-state index contributed by atoms with van der Waals surface area (Å²) in [5.41, 5.74) is 5.82. The van der Waals surface area contributed by atoms with Gasteiger partial charge in [-0.15, -0.1) is 5.10 Å². The number of anilines is 1. The van der Waals surface area contributed by atoms with Gasteiger partial charge in [0.1, 0.15) is 0 Å². The first kappa shape index (κ1) is 10.3. The molecule has 0 spiro atoms. The van der Waals surface area contributed by atoms with E-state index < -0.39 is 0 Å². The Balaban J connectivity index is 2.05. The van der Waals surface area contributed by atoms with E-state index in [4.69, 9.17) is 10.5 Å². The molecule has 2 heterocycles. The number of morpholine rings is 1. The van der Waals surface area contributed by atoms with E-state index in [1.807, 2.05) is 19.1 Å². The average molecular weight is 208 g/mol. The first-order valence-electron chi connectivity index (χ1n) is 5.17. The van der Waals surface area contributed by atoms with Gasteiger partial charge in [-0.1, -0.05) is 0 Å². The molecule has 2 N–H and O–H groups in total. The fourth-order valence-corrected chi connectivity index (χ4v) is 1.66. The molecule has 0 aromatic carbocycles. The zero-order valence-corrected chi connectivity index (χ0v) is 8.84. The number of hydrogen-bond donors (Lipinski definition) is 1. The van der Waals surface area contributed by atoms with Crippen LogP contribution in [-0.4, -0.2) is 42.0 Å². The number of hydrogen-bond acceptors (Lipinski definition) is 5. The highest BCUT2D eigenvalue weighted by Gasteiger charge is 2.24. The summed E-state index contributed by atoms with van der Waals surface area (Å²) in [6.45, 7) is 4.30. The zero-order chi connectivity index (χ0) is 10.7. The number of rotatable bonds is 2. The molecule has 1 aromatic heterocycles. The lowest BCUT2D eigenvalue weighted by Gasteiger charge is -2.35. The Kier molecular flexibility index (Phi) is 3.13. The zero-order valence-electron chi connectivity index (χ0n) is 8.84. The van der Waals surface area contributed by atoms with Crippen LogP contribution < -0.4 is 10.6 Å². The van der Waals surface area contributed by atoms with E-state index >= 15 is 0 Å². The molecule has 0 saturated carbocycles. The third kappa shape index (κ3) is 2.43. The first-order chi connectivity index (χ1) is 7.27. The first-order valence-corrected chi connectivity index (χ1v) is 5.17. The van der Waals surface area contributed by atoms with E-state index in [2.05, 4.69) is 15.1 Å². The topological polar surface area (TPSA) is 64.3 Å². The van der Waals surface area contributed by atoms with Gasteiger partial charge in [0.25, 0.3) is 0 Å². The van der Waals surface area contributed by atoms with E-state index in [0.717, 1.165) is 18.9 Å². The van der Waals surface area contributed by atoms with Gasteiger partial charge < -0.3 is 15.4 Å². The third-order valence-electron chi connectivity index (χ3n) is 2.56. The lowest BCUT2D eigenvalue weighted by atomic mass is 10.1. The Bertz CT molecular complexity index is 304. The maximum absolute atomic E-state index is 5.82. The van der Waals surface area contributed by atoms with Crippen molar-refractivity contribution in [3.8, 4) is 0 Å². The quantitative estimate of drug-likeness (QED) is 0.742. The number of aromatic nitrogens is 2. The smallest absolute Gasteiger partial charge is 0.151 e. The minimum Gasteiger partial charge on any atom is -0.373 e. The monoisotopic (exact) mass is 208 g/mol. The standard InChI is InChI=1S/C10H16N4O/c1-8(11)9-7-14(5-6-15-9)10-3-2-4-12-13-10/h2-4,8-9H,5-7,11H2,1H3. The minimum absolute atomic E-state index is 0.0458. The fraction of sp³-hybridized carbons (Fsp3) is 0.600. The SMILES string of the molecule is CC(N)C1CN(c2cccnn2)CCO1. The highest BCUT2D eigenvalue weighted by atomic mass is 16.5. The number of ether oxygens (including phenoxy) is 1. The molecule has 0 aliphatic carbocycles. The van der Waals surface area contributed by atoms with Gasteiger partial charge in [0.15, 0.2) is 5.82 Å². The van der Waals surface area contributed by atoms with Crippen molar-refractivity contribution in [3.63, 3.8) is 0 Å². The van der Waals surface area contributed by atoms with Crippen LogP contribution >= 0.6 is 0 Å². The van der Waals surface area contributed by atoms with Gasteiger partial charge in [-0.25, -0.2) is 0 Å². The summed E-state index contributed by atoms with van der Waals surface area (Å²) in [6.07, 6.45) is 1.76. The van der Waals surface area contributed by atoms with Crippen molar-refractivity contribution >= 4 is 5.82 Å². The van der Waals surface area contributed by atoms with Crippen molar-refractivity contribution < 1.29 is 4.74 Å². The third-order valence-corrected chi connectivity index (χ3v) is 2.56. The molecule has 5 heteroatoms. The molecule has 82 valence electrons. The summed E-state index contributed by atoms with van der Waals surface area (Å²) < 4.78 is 5.58. The molecule has 0 bridgehead atoms. The van der Waals surface area contributed by atoms with Crippen molar-refractivity contribution in [3.05, 3.63) is 18.3 Å². The predicted octanol–water partition coefficient (Wildman–Crippen LogP) is 0.0290. The van der Waals surface area contributed by atoms with Gasteiger partial charge in [-0.05, 0) is 19.1 Å². The Hall–Kier alpha value is -1.20. The Morgan fingerprint density at radius 1 is 1.67 bits per heavy atom. The van der Waals surface area contributed by atoms with Crippen LogP contribution in [0.15, 0.2) is 18.3 Å². The van der Waals surface area contributed by atoms with Crippen molar-refractivity contribution in [2.75, 3.05) is 24.6 Å². The van der Waals surface area contributed by atoms with E-state index in [0.29, 0.717) is 6.61 Å². The molecule has 1 aromatic rings. The summed E-state index contributed by atoms with van der Waals surface area (Å²) in [4.78, 5) is 2.16. The molecular weight excluding hydrogens is 192 g/mol. The molecule has 1 fully saturated rings. The van der Waals surface area contributed by atoms with E-state index in [9.17, 15) is 0 Å². The van der Waals surface area contributed by atoms with Crippen LogP contribution in [0.5, 0.6) is 0 Å². The van der Waals surface area contributed by atoms with Gasteiger partial charge in [-0.3, -0.25) is 0 Å². The lowest BCUT2D eigenvalue weighted by Crippen LogP contribution is -2.49. The van der Waals surface area contributed by atoms with Crippen molar-refractivity contribution in [1.29, 1.82) is 0 Å². The van der Waals surface area contributed by atoms with Gasteiger partial charge in [0.05, 0.1) is 12.7 Å². The molecule has 15 heavy (non-hydrogen) atoms. The van der Waals surface area contributed by atoms with Crippen LogP contribution in [0.25, 0.3) is 0 Å². The van der Waals surface area contributed by atoms with Crippen molar-refractivity contribution in [2.45, 2.75) is 19.1 Å². The summed E-state index contributed by atoms with van der Waals surface area (Å²) in [7, 11) is 0. The maximum Gasteiger partial charge on any atom is 0.151 e. The van der Waals surface area contributed by atoms with E-state index in [1.165, 1.54) is 0 Å². The summed E-state index contributed by atoms with van der Waals surface area (Å²) >= 11 is 0. The van der Waals surface area contributed by atoms with Gasteiger partial charge in [-0.2, -0.15) is 5.10 Å². The molecule has 0 radical (unpaired) electrons. The molecular formula is C10H16N4O. The molecule has 1 aliphatic rings. The molecule has 5 nitrogen and oxygen atoms in total. The van der Waals surface area contributed by atoms with E-state index in [-0.39, 0.29) is 12.1 Å². The molecule has 1 aliphatic heterocycles. The second-order valence-electron chi connectivity index (χ2n) is 3.80. The maximum atomic E-state index is 5.82. The second-order valence-corrected chi connectivity index (χ2v) is 3.80. The average Bonchev–Trinajstić information content (AvgIpc) is 2.30. The van der Waals surface area contributed by atoms with Gasteiger partial charge in [0.2, 0.25) is 0 Å². The van der Waals surface area contributed by atoms with Gasteiger partial charge >= 0.3 is 0 Å². The molecule has 0 amide bonds. The van der Waals surface area contributed by atoms with Gasteiger partial charge in [0, 0.05) is 25.3 Å². The van der Waals surface area contributed by atoms with Crippen LogP contribution in [0.2, 0.25) is 0 Å². The largest absolute Gasteiger partial charge is 0.373 e. The normalized spacial score (nSPS) is 23.9. The highest BCUT2D eigenvalue weighted by Crippen LogP contribution is 2.14. The predicted molar refractivity (Wildman–Crippen MR) is 57.6 cm³/mol. The van der Waals surface area contributed by atoms with Crippen molar-refractivity contribution in [1.82, 2.24) is 10.2 Å². The van der Waals surface area contributed by atoms with E-state index in [1.54, 1.807) is 6.20 Å². The van der Waals surface area contributed by atoms with Crippen LogP contribution in [0.4, 0.5) is 5.82 Å². The number of nitrogens with zero attached hydrogens (tertiary/aromatic N) is 3. The summed E-state index contributed by atoms with van der Waals surface area (Å²) in [5.74, 6) is 0.895. The summed E-state index contributed by atoms with van der Waals surface area (Å²) in [5, 5.41) is 7.94. The minimum atomic E-state index is 0.0458. The molecule has 2 unspecified atom stereocenters. The lowest BCUT2D eigenvalue weighted by molar-refractivity contribution is 0.0273. The van der Waals surface area contributed by atoms with Crippen LogP contribution in [0, 0.1) is 0 Å². The Morgan fingerprint density at radius 2 is 2.53 bits per heavy atom. The second kappa shape index (κ2) is 4.55. The van der Waals surface area contributed by atoms with Crippen molar-refractivity contribution in [2.24, 2.45) is 5.73 Å². The van der Waals surface area contributed by atoms with Crippen LogP contribution in [0.1, 0.15) is 6.92 Å². The molecule has 2 rings (SSSR count). The Morgan fingerprint density at radius 3 is 3.20 bits per heavy atom. The summed E-state index contributed by atoms with van der Waals surface area (Å²) in [6, 6.07) is 3.89. The van der Waals surface area contributed by atoms with Crippen LogP contribution in [-0.2, 0) is 4.74 Å². The molecule has 1 saturated heterocycles. The highest BCUT2D eigenvalue weighted by molar-refractivity contribution is 5.37. The molecule has 2 atom stereocenters. The number of nitrogens with two attached hydrogens (primary N) is 1. The fourth-order valence-electron chi connectivity index (χ4n) is 1.66. The van der Waals surface area contributed by atoms with Crippen LogP contribution in [0.3, 0.4) is 0 Å².